The summed E-state index contributed by atoms with van der Waals surface area (Å²) < 4.78 is 1.29. The lowest BCUT2D eigenvalue weighted by molar-refractivity contribution is -0.118. The first-order chi connectivity index (χ1) is 12.0. The maximum Gasteiger partial charge on any atom is 0.280 e. The minimum absolute atomic E-state index is 0.00959. The third-order valence-electron chi connectivity index (χ3n) is 4.23. The molecule has 0 aliphatic carbocycles. The fraction of sp³-hybridized carbons (Fsp3) is 0.250. The van der Waals surface area contributed by atoms with Crippen molar-refractivity contribution in [2.75, 3.05) is 5.43 Å². The van der Waals surface area contributed by atoms with Gasteiger partial charge in [0.15, 0.2) is 0 Å². The van der Waals surface area contributed by atoms with E-state index in [1.54, 1.807) is 18.2 Å². The van der Waals surface area contributed by atoms with Crippen molar-refractivity contribution in [3.8, 4) is 0 Å². The van der Waals surface area contributed by atoms with Gasteiger partial charge in [-0.3, -0.25) is 15.0 Å². The molecule has 3 aromatic rings. The molecule has 0 saturated carbocycles. The number of carbonyl (C=O) groups excluding carboxylic acids is 1. The van der Waals surface area contributed by atoms with Crippen LogP contribution in [0.25, 0.3) is 10.9 Å². The van der Waals surface area contributed by atoms with Crippen molar-refractivity contribution in [1.82, 2.24) is 9.66 Å². The standard InChI is InChI=1S/C20H21N3O2/c1-13(2)18-21-17-12-8-7-11-16(17)20(25)23(18)22-19(24)14(3)15-9-5-4-6-10-15/h4-14H,1-3H3,(H,22,24)/t14-/m1/s1. The zero-order valence-electron chi connectivity index (χ0n) is 14.6. The van der Waals surface area contributed by atoms with Crippen molar-refractivity contribution in [2.45, 2.75) is 32.6 Å². The second-order valence-corrected chi connectivity index (χ2v) is 6.39. The van der Waals surface area contributed by atoms with Crippen LogP contribution in [-0.2, 0) is 4.79 Å². The molecule has 2 aromatic carbocycles. The van der Waals surface area contributed by atoms with E-state index in [2.05, 4.69) is 10.4 Å². The van der Waals surface area contributed by atoms with E-state index in [-0.39, 0.29) is 23.3 Å². The molecule has 0 spiro atoms. The maximum absolute atomic E-state index is 12.9. The Labute approximate surface area is 146 Å². The second kappa shape index (κ2) is 6.89. The summed E-state index contributed by atoms with van der Waals surface area (Å²) in [7, 11) is 0. The van der Waals surface area contributed by atoms with Crippen LogP contribution in [0.15, 0.2) is 59.4 Å². The minimum Gasteiger partial charge on any atom is -0.273 e. The molecule has 3 rings (SSSR count). The number of hydrogen-bond donors (Lipinski definition) is 1. The summed E-state index contributed by atoms with van der Waals surface area (Å²) in [5.41, 5.74) is 4.03. The summed E-state index contributed by atoms with van der Waals surface area (Å²) in [4.78, 5) is 30.1. The fourth-order valence-electron chi connectivity index (χ4n) is 2.75. The highest BCUT2D eigenvalue weighted by Crippen LogP contribution is 2.17. The molecule has 25 heavy (non-hydrogen) atoms. The van der Waals surface area contributed by atoms with E-state index in [9.17, 15) is 9.59 Å². The van der Waals surface area contributed by atoms with Crippen LogP contribution in [0.1, 0.15) is 44.0 Å². The monoisotopic (exact) mass is 335 g/mol. The van der Waals surface area contributed by atoms with Gasteiger partial charge in [-0.25, -0.2) is 9.66 Å². The normalized spacial score (nSPS) is 12.3. The second-order valence-electron chi connectivity index (χ2n) is 6.39. The van der Waals surface area contributed by atoms with Crippen molar-refractivity contribution in [2.24, 2.45) is 0 Å². The lowest BCUT2D eigenvalue weighted by Gasteiger charge is -2.19. The predicted octanol–water partition coefficient (Wildman–Crippen LogP) is 3.39. The zero-order chi connectivity index (χ0) is 18.0. The number of amides is 1. The van der Waals surface area contributed by atoms with Crippen LogP contribution in [0, 0.1) is 0 Å². The van der Waals surface area contributed by atoms with Gasteiger partial charge in [-0.2, -0.15) is 0 Å². The van der Waals surface area contributed by atoms with Gasteiger partial charge < -0.3 is 0 Å². The third-order valence-corrected chi connectivity index (χ3v) is 4.23. The summed E-state index contributed by atoms with van der Waals surface area (Å²) in [6, 6.07) is 16.6. The molecule has 0 fully saturated rings. The van der Waals surface area contributed by atoms with E-state index in [4.69, 9.17) is 0 Å². The Morgan fingerprint density at radius 1 is 1.00 bits per heavy atom. The Kier molecular flexibility index (Phi) is 4.65. The molecule has 1 N–H and O–H groups in total. The predicted molar refractivity (Wildman–Crippen MR) is 99.3 cm³/mol. The number of benzene rings is 2. The van der Waals surface area contributed by atoms with E-state index in [0.29, 0.717) is 16.7 Å². The highest BCUT2D eigenvalue weighted by atomic mass is 16.2. The highest BCUT2D eigenvalue weighted by Gasteiger charge is 2.19. The van der Waals surface area contributed by atoms with Crippen molar-refractivity contribution in [3.05, 3.63) is 76.3 Å². The SMILES string of the molecule is CC(C)c1nc2ccccc2c(=O)n1NC(=O)[C@H](C)c1ccccc1. The van der Waals surface area contributed by atoms with Crippen LogP contribution in [0.4, 0.5) is 0 Å². The third kappa shape index (κ3) is 3.31. The molecule has 0 saturated heterocycles. The van der Waals surface area contributed by atoms with Gasteiger partial charge >= 0.3 is 0 Å². The van der Waals surface area contributed by atoms with Crippen LogP contribution >= 0.6 is 0 Å². The van der Waals surface area contributed by atoms with Gasteiger partial charge in [-0.05, 0) is 24.6 Å². The summed E-state index contributed by atoms with van der Waals surface area (Å²) >= 11 is 0. The lowest BCUT2D eigenvalue weighted by atomic mass is 10.0. The first-order valence-electron chi connectivity index (χ1n) is 8.36. The number of para-hydroxylation sites is 1. The van der Waals surface area contributed by atoms with E-state index in [0.717, 1.165) is 5.56 Å². The van der Waals surface area contributed by atoms with Crippen molar-refractivity contribution in [3.63, 3.8) is 0 Å². The van der Waals surface area contributed by atoms with E-state index in [1.165, 1.54) is 4.68 Å². The number of nitrogens with one attached hydrogen (secondary N) is 1. The Balaban J connectivity index is 2.03. The molecule has 1 atom stereocenters. The molecule has 5 heteroatoms. The van der Waals surface area contributed by atoms with Crippen LogP contribution < -0.4 is 11.0 Å². The number of nitrogens with zero attached hydrogens (tertiary/aromatic N) is 2. The topological polar surface area (TPSA) is 64.0 Å². The molecule has 1 heterocycles. The zero-order valence-corrected chi connectivity index (χ0v) is 14.6. The average Bonchev–Trinajstić information content (AvgIpc) is 2.63. The molecule has 128 valence electrons. The van der Waals surface area contributed by atoms with E-state index in [1.807, 2.05) is 57.2 Å². The molecular weight excluding hydrogens is 314 g/mol. The quantitative estimate of drug-likeness (QED) is 0.795. The molecule has 0 unspecified atom stereocenters. The van der Waals surface area contributed by atoms with E-state index >= 15 is 0 Å². The smallest absolute Gasteiger partial charge is 0.273 e. The molecule has 0 bridgehead atoms. The summed E-state index contributed by atoms with van der Waals surface area (Å²) in [6.07, 6.45) is 0. The van der Waals surface area contributed by atoms with Gasteiger partial charge in [0, 0.05) is 5.92 Å². The summed E-state index contributed by atoms with van der Waals surface area (Å²) in [5.74, 6) is -0.0891. The van der Waals surface area contributed by atoms with Gasteiger partial charge in [0.05, 0.1) is 16.8 Å². The highest BCUT2D eigenvalue weighted by molar-refractivity contribution is 5.90. The van der Waals surface area contributed by atoms with Crippen molar-refractivity contribution in [1.29, 1.82) is 0 Å². The summed E-state index contributed by atoms with van der Waals surface area (Å²) in [6.45, 7) is 5.71. The number of rotatable bonds is 4. The van der Waals surface area contributed by atoms with Crippen molar-refractivity contribution >= 4 is 16.8 Å². The first kappa shape index (κ1) is 16.9. The fourth-order valence-corrected chi connectivity index (χ4v) is 2.75. The largest absolute Gasteiger partial charge is 0.280 e. The number of aromatic nitrogens is 2. The lowest BCUT2D eigenvalue weighted by Crippen LogP contribution is -2.38. The van der Waals surface area contributed by atoms with Gasteiger partial charge in [-0.1, -0.05) is 56.3 Å². The molecule has 5 nitrogen and oxygen atoms in total. The first-order valence-corrected chi connectivity index (χ1v) is 8.36. The molecule has 0 aliphatic rings. The minimum atomic E-state index is -0.375. The Hall–Kier alpha value is -2.95. The van der Waals surface area contributed by atoms with Gasteiger partial charge in [-0.15, -0.1) is 0 Å². The number of hydrogen-bond acceptors (Lipinski definition) is 3. The Morgan fingerprint density at radius 3 is 2.32 bits per heavy atom. The maximum atomic E-state index is 12.9. The van der Waals surface area contributed by atoms with E-state index < -0.39 is 0 Å². The average molecular weight is 335 g/mol. The van der Waals surface area contributed by atoms with Gasteiger partial charge in [0.1, 0.15) is 5.82 Å². The van der Waals surface area contributed by atoms with Crippen LogP contribution in [0.5, 0.6) is 0 Å². The molecule has 0 radical (unpaired) electrons. The van der Waals surface area contributed by atoms with Gasteiger partial charge in [0.25, 0.3) is 5.56 Å². The number of carbonyl (C=O) groups is 1. The van der Waals surface area contributed by atoms with Crippen LogP contribution in [0.3, 0.4) is 0 Å². The summed E-state index contributed by atoms with van der Waals surface area (Å²) in [5, 5.41) is 0.486. The van der Waals surface area contributed by atoms with Crippen LogP contribution in [-0.4, -0.2) is 15.6 Å². The molecule has 0 aliphatic heterocycles. The molecule has 1 amide bonds. The molecular formula is C20H21N3O2. The van der Waals surface area contributed by atoms with Gasteiger partial charge in [0.2, 0.25) is 5.91 Å². The van der Waals surface area contributed by atoms with Crippen molar-refractivity contribution < 1.29 is 4.79 Å². The Morgan fingerprint density at radius 2 is 1.64 bits per heavy atom. The Bertz CT molecular complexity index is 962. The molecule has 1 aromatic heterocycles. The number of fused-ring (bicyclic) bond motifs is 1. The van der Waals surface area contributed by atoms with Crippen LogP contribution in [0.2, 0.25) is 0 Å².